The number of aliphatic hydroxyl groups excluding tert-OH is 1. The molecule has 0 fully saturated rings. The van der Waals surface area contributed by atoms with Crippen molar-refractivity contribution in [2.75, 3.05) is 6.54 Å². The molecule has 0 heterocycles. The third-order valence-corrected chi connectivity index (χ3v) is 4.72. The first-order chi connectivity index (χ1) is 16.1. The Hall–Kier alpha value is -3.46. The van der Waals surface area contributed by atoms with E-state index in [1.807, 2.05) is 0 Å². The number of hydrogen-bond donors (Lipinski definition) is 9. The minimum atomic E-state index is -1.52. The fraction of sp³-hybridized carbons (Fsp3) is 0.700. The van der Waals surface area contributed by atoms with Gasteiger partial charge in [-0.3, -0.25) is 24.2 Å². The van der Waals surface area contributed by atoms with Gasteiger partial charge in [-0.2, -0.15) is 0 Å². The summed E-state index contributed by atoms with van der Waals surface area (Å²) >= 11 is 0. The van der Waals surface area contributed by atoms with Gasteiger partial charge in [0.1, 0.15) is 18.1 Å². The fourth-order valence-corrected chi connectivity index (χ4v) is 2.97. The lowest BCUT2D eigenvalue weighted by Crippen LogP contribution is -2.60. The zero-order chi connectivity index (χ0) is 27.3. The number of carbonyl (C=O) groups is 5. The van der Waals surface area contributed by atoms with E-state index in [0.29, 0.717) is 0 Å². The first kappa shape index (κ1) is 31.5. The third-order valence-electron chi connectivity index (χ3n) is 4.72. The molecule has 0 radical (unpaired) electrons. The van der Waals surface area contributed by atoms with Gasteiger partial charge in [0.05, 0.1) is 18.6 Å². The third kappa shape index (κ3) is 13.1. The molecule has 5 atom stereocenters. The smallest absolute Gasteiger partial charge is 0.326 e. The number of hydrogen-bond acceptors (Lipinski definition) is 8. The van der Waals surface area contributed by atoms with Crippen LogP contribution in [-0.4, -0.2) is 82.6 Å². The molecule has 0 aromatic carbocycles. The van der Waals surface area contributed by atoms with E-state index in [2.05, 4.69) is 20.9 Å². The van der Waals surface area contributed by atoms with Crippen LogP contribution in [0.2, 0.25) is 0 Å². The highest BCUT2D eigenvalue weighted by Gasteiger charge is 2.33. The Morgan fingerprint density at radius 2 is 1.46 bits per heavy atom. The molecule has 15 heteroatoms. The molecule has 0 aromatic rings. The van der Waals surface area contributed by atoms with Crippen LogP contribution in [-0.2, 0) is 24.0 Å². The summed E-state index contributed by atoms with van der Waals surface area (Å²) in [7, 11) is 0. The molecule has 4 amide bonds. The number of nitrogens with one attached hydrogen (secondary N) is 3. The van der Waals surface area contributed by atoms with Gasteiger partial charge in [0.2, 0.25) is 23.6 Å². The van der Waals surface area contributed by atoms with Crippen LogP contribution in [0.1, 0.15) is 46.5 Å². The lowest BCUT2D eigenvalue weighted by molar-refractivity contribution is -0.143. The van der Waals surface area contributed by atoms with E-state index in [9.17, 15) is 34.2 Å². The van der Waals surface area contributed by atoms with Gasteiger partial charge in [-0.05, 0) is 32.1 Å². The van der Waals surface area contributed by atoms with E-state index >= 15 is 0 Å². The largest absolute Gasteiger partial charge is 0.480 e. The van der Waals surface area contributed by atoms with Gasteiger partial charge in [0, 0.05) is 6.54 Å². The van der Waals surface area contributed by atoms with Crippen molar-refractivity contribution in [1.82, 2.24) is 16.0 Å². The van der Waals surface area contributed by atoms with Crippen molar-refractivity contribution in [2.24, 2.45) is 33.8 Å². The molecule has 35 heavy (non-hydrogen) atoms. The summed E-state index contributed by atoms with van der Waals surface area (Å²) in [6.45, 7) is 4.91. The van der Waals surface area contributed by atoms with Crippen LogP contribution in [0.4, 0.5) is 0 Å². The molecule has 200 valence electrons. The summed E-state index contributed by atoms with van der Waals surface area (Å²) in [6, 6.07) is -5.31. The maximum absolute atomic E-state index is 12.9. The molecule has 13 N–H and O–H groups in total. The van der Waals surface area contributed by atoms with E-state index in [-0.39, 0.29) is 37.7 Å². The predicted molar refractivity (Wildman–Crippen MR) is 126 cm³/mol. The second-order valence-corrected chi connectivity index (χ2v) is 8.54. The lowest BCUT2D eigenvalue weighted by atomic mass is 10.0. The van der Waals surface area contributed by atoms with E-state index in [0.717, 1.165) is 0 Å². The second kappa shape index (κ2) is 15.4. The molecule has 0 saturated heterocycles. The Morgan fingerprint density at radius 1 is 0.886 bits per heavy atom. The summed E-state index contributed by atoms with van der Waals surface area (Å²) in [5.74, 6) is -4.92. The van der Waals surface area contributed by atoms with Crippen LogP contribution in [0.5, 0.6) is 0 Å². The zero-order valence-electron chi connectivity index (χ0n) is 20.2. The number of carboxylic acids is 1. The summed E-state index contributed by atoms with van der Waals surface area (Å²) < 4.78 is 0. The number of aliphatic carboxylic acids is 1. The van der Waals surface area contributed by atoms with E-state index in [4.69, 9.17) is 22.9 Å². The number of carbonyl (C=O) groups excluding carboxylic acids is 4. The highest BCUT2D eigenvalue weighted by molar-refractivity contribution is 5.95. The van der Waals surface area contributed by atoms with Gasteiger partial charge in [-0.25, -0.2) is 4.79 Å². The SMILES string of the molecule is CC(C)CC(NC(=O)C(NC(=O)C(CCCN=C(N)N)NC(=O)C(N)CC(N)=O)C(C)O)C(=O)O. The zero-order valence-corrected chi connectivity index (χ0v) is 20.2. The van der Waals surface area contributed by atoms with Crippen molar-refractivity contribution in [2.45, 2.75) is 76.7 Å². The second-order valence-electron chi connectivity index (χ2n) is 8.54. The lowest BCUT2D eigenvalue weighted by Gasteiger charge is -2.26. The van der Waals surface area contributed by atoms with Crippen LogP contribution in [0, 0.1) is 5.92 Å². The van der Waals surface area contributed by atoms with Gasteiger partial charge < -0.3 is 49.1 Å². The number of primary amides is 1. The molecule has 0 saturated carbocycles. The van der Waals surface area contributed by atoms with Gasteiger partial charge >= 0.3 is 5.97 Å². The van der Waals surface area contributed by atoms with E-state index in [1.54, 1.807) is 13.8 Å². The molecule has 5 unspecified atom stereocenters. The molecule has 0 aliphatic rings. The van der Waals surface area contributed by atoms with Crippen LogP contribution in [0.15, 0.2) is 4.99 Å². The van der Waals surface area contributed by atoms with Crippen LogP contribution >= 0.6 is 0 Å². The Labute approximate surface area is 203 Å². The Balaban J connectivity index is 5.55. The van der Waals surface area contributed by atoms with Crippen LogP contribution in [0.3, 0.4) is 0 Å². The molecular formula is C20H38N8O7. The number of aliphatic imine (C=N–C) groups is 1. The molecule has 0 aromatic heterocycles. The normalized spacial score (nSPS) is 15.1. The topological polar surface area (TPSA) is 278 Å². The standard InChI is InChI=1S/C20H38N8O7/c1-9(2)7-13(19(34)35)27-18(33)15(10(3)29)28-17(32)12(5-4-6-25-20(23)24)26-16(31)11(21)8-14(22)30/h9-13,15,29H,4-8,21H2,1-3H3,(H2,22,30)(H,26,31)(H,27,33)(H,28,32)(H,34,35)(H4,23,24,25). The number of carboxylic acid groups (broad SMARTS) is 1. The van der Waals surface area contributed by atoms with Gasteiger partial charge in [-0.15, -0.1) is 0 Å². The minimum Gasteiger partial charge on any atom is -0.480 e. The molecule has 0 aliphatic heterocycles. The maximum Gasteiger partial charge on any atom is 0.326 e. The molecule has 0 bridgehead atoms. The van der Waals surface area contributed by atoms with Gasteiger partial charge in [0.25, 0.3) is 0 Å². The van der Waals surface area contributed by atoms with Crippen LogP contribution < -0.4 is 38.9 Å². The molecule has 0 rings (SSSR count). The highest BCUT2D eigenvalue weighted by atomic mass is 16.4. The number of rotatable bonds is 16. The average Bonchev–Trinajstić information content (AvgIpc) is 2.71. The number of amides is 4. The van der Waals surface area contributed by atoms with Crippen LogP contribution in [0.25, 0.3) is 0 Å². The van der Waals surface area contributed by atoms with Gasteiger partial charge in [0.15, 0.2) is 5.96 Å². The molecular weight excluding hydrogens is 464 g/mol. The Morgan fingerprint density at radius 3 is 1.91 bits per heavy atom. The highest BCUT2D eigenvalue weighted by Crippen LogP contribution is 2.07. The van der Waals surface area contributed by atoms with Crippen molar-refractivity contribution in [3.8, 4) is 0 Å². The minimum absolute atomic E-state index is 0.0108. The number of aliphatic hydroxyl groups is 1. The number of nitrogens with two attached hydrogens (primary N) is 4. The fourth-order valence-electron chi connectivity index (χ4n) is 2.97. The summed E-state index contributed by atoms with van der Waals surface area (Å²) in [5, 5.41) is 26.4. The summed E-state index contributed by atoms with van der Waals surface area (Å²) in [6.07, 6.45) is -1.48. The molecule has 15 nitrogen and oxygen atoms in total. The van der Waals surface area contributed by atoms with Crippen molar-refractivity contribution in [3.05, 3.63) is 0 Å². The van der Waals surface area contributed by atoms with Crippen molar-refractivity contribution < 1.29 is 34.2 Å². The van der Waals surface area contributed by atoms with E-state index in [1.165, 1.54) is 6.92 Å². The maximum atomic E-state index is 12.9. The molecule has 0 spiro atoms. The van der Waals surface area contributed by atoms with Crippen molar-refractivity contribution >= 4 is 35.6 Å². The average molecular weight is 503 g/mol. The van der Waals surface area contributed by atoms with Crippen molar-refractivity contribution in [1.29, 1.82) is 0 Å². The summed E-state index contributed by atoms with van der Waals surface area (Å²) in [4.78, 5) is 64.2. The summed E-state index contributed by atoms with van der Waals surface area (Å²) in [5.41, 5.74) is 21.2. The Kier molecular flexibility index (Phi) is 13.9. The first-order valence-corrected chi connectivity index (χ1v) is 11.1. The number of guanidine groups is 1. The quantitative estimate of drug-likeness (QED) is 0.0563. The van der Waals surface area contributed by atoms with Crippen molar-refractivity contribution in [3.63, 3.8) is 0 Å². The predicted octanol–water partition coefficient (Wildman–Crippen LogP) is -3.79. The monoisotopic (exact) mass is 502 g/mol. The van der Waals surface area contributed by atoms with E-state index < -0.39 is 66.3 Å². The number of nitrogens with zero attached hydrogens (tertiary/aromatic N) is 1. The Bertz CT molecular complexity index is 783. The molecule has 0 aliphatic carbocycles. The first-order valence-electron chi connectivity index (χ1n) is 11.1. The van der Waals surface area contributed by atoms with Gasteiger partial charge in [-0.1, -0.05) is 13.8 Å².